The zero-order valence-electron chi connectivity index (χ0n) is 14.5. The second-order valence-electron chi connectivity index (χ2n) is 5.96. The molecule has 2 aromatic carbocycles. The van der Waals surface area contributed by atoms with E-state index in [4.69, 9.17) is 0 Å². The summed E-state index contributed by atoms with van der Waals surface area (Å²) in [6, 6.07) is 16.5. The van der Waals surface area contributed by atoms with Crippen LogP contribution in [0.1, 0.15) is 36.2 Å². The summed E-state index contributed by atoms with van der Waals surface area (Å²) >= 11 is 0. The molecule has 0 aliphatic rings. The fraction of sp³-hybridized carbons (Fsp3) is 0.300. The fourth-order valence-electron chi connectivity index (χ4n) is 2.42. The lowest BCUT2D eigenvalue weighted by molar-refractivity contribution is -0.117. The summed E-state index contributed by atoms with van der Waals surface area (Å²) < 4.78 is 0. The van der Waals surface area contributed by atoms with Crippen LogP contribution in [0, 0.1) is 0 Å². The lowest BCUT2D eigenvalue weighted by Crippen LogP contribution is -2.36. The SMILES string of the molecule is CCC(C)N(C)CC(=O)Nc1ccccc1C(=O)c1ccccc1. The van der Waals surface area contributed by atoms with E-state index in [1.807, 2.05) is 36.2 Å². The van der Waals surface area contributed by atoms with E-state index in [0.29, 0.717) is 29.4 Å². The summed E-state index contributed by atoms with van der Waals surface area (Å²) in [5.41, 5.74) is 1.66. The van der Waals surface area contributed by atoms with Gasteiger partial charge in [0, 0.05) is 17.2 Å². The van der Waals surface area contributed by atoms with Crippen LogP contribution in [0.4, 0.5) is 5.69 Å². The first-order chi connectivity index (χ1) is 11.5. The number of anilines is 1. The fourth-order valence-corrected chi connectivity index (χ4v) is 2.42. The van der Waals surface area contributed by atoms with Crippen molar-refractivity contribution in [3.05, 3.63) is 65.7 Å². The van der Waals surface area contributed by atoms with Crippen molar-refractivity contribution in [3.8, 4) is 0 Å². The highest BCUT2D eigenvalue weighted by atomic mass is 16.2. The maximum absolute atomic E-state index is 12.7. The Morgan fingerprint density at radius 3 is 2.33 bits per heavy atom. The number of hydrogen-bond acceptors (Lipinski definition) is 3. The second kappa shape index (κ2) is 8.41. The minimum atomic E-state index is -0.119. The predicted molar refractivity (Wildman–Crippen MR) is 97.3 cm³/mol. The van der Waals surface area contributed by atoms with Gasteiger partial charge in [0.25, 0.3) is 0 Å². The highest BCUT2D eigenvalue weighted by molar-refractivity contribution is 6.13. The first kappa shape index (κ1) is 17.9. The molecule has 1 atom stereocenters. The number of rotatable bonds is 7. The molecule has 0 radical (unpaired) electrons. The molecular formula is C20H24N2O2. The van der Waals surface area contributed by atoms with Crippen molar-refractivity contribution in [2.24, 2.45) is 0 Å². The molecule has 0 aromatic heterocycles. The molecule has 1 N–H and O–H groups in total. The molecule has 0 spiro atoms. The highest BCUT2D eigenvalue weighted by Gasteiger charge is 2.16. The summed E-state index contributed by atoms with van der Waals surface area (Å²) in [7, 11) is 1.93. The average Bonchev–Trinajstić information content (AvgIpc) is 2.61. The van der Waals surface area contributed by atoms with Gasteiger partial charge in [-0.1, -0.05) is 49.4 Å². The number of hydrogen-bond donors (Lipinski definition) is 1. The number of para-hydroxylation sites is 1. The van der Waals surface area contributed by atoms with Crippen LogP contribution in [0.5, 0.6) is 0 Å². The van der Waals surface area contributed by atoms with Crippen LogP contribution in [0.25, 0.3) is 0 Å². The van der Waals surface area contributed by atoms with Gasteiger partial charge in [-0.15, -0.1) is 0 Å². The molecule has 126 valence electrons. The van der Waals surface area contributed by atoms with Crippen LogP contribution in [0.3, 0.4) is 0 Å². The monoisotopic (exact) mass is 324 g/mol. The van der Waals surface area contributed by atoms with Gasteiger partial charge >= 0.3 is 0 Å². The van der Waals surface area contributed by atoms with Crippen LogP contribution in [-0.4, -0.2) is 36.2 Å². The van der Waals surface area contributed by atoms with Gasteiger partial charge in [0.2, 0.25) is 5.91 Å². The van der Waals surface area contributed by atoms with Crippen molar-refractivity contribution in [2.45, 2.75) is 26.3 Å². The topological polar surface area (TPSA) is 49.4 Å². The Balaban J connectivity index is 2.15. The summed E-state index contributed by atoms with van der Waals surface area (Å²) in [6.45, 7) is 4.47. The van der Waals surface area contributed by atoms with Gasteiger partial charge in [-0.25, -0.2) is 0 Å². The molecule has 0 aliphatic heterocycles. The lowest BCUT2D eigenvalue weighted by Gasteiger charge is -2.23. The van der Waals surface area contributed by atoms with Gasteiger partial charge in [0.05, 0.1) is 12.2 Å². The van der Waals surface area contributed by atoms with E-state index in [-0.39, 0.29) is 11.7 Å². The van der Waals surface area contributed by atoms with E-state index < -0.39 is 0 Å². The molecule has 0 saturated carbocycles. The molecule has 2 aromatic rings. The van der Waals surface area contributed by atoms with E-state index >= 15 is 0 Å². The Labute approximate surface area is 143 Å². The van der Waals surface area contributed by atoms with Crippen molar-refractivity contribution in [1.29, 1.82) is 0 Å². The van der Waals surface area contributed by atoms with E-state index in [1.165, 1.54) is 0 Å². The second-order valence-corrected chi connectivity index (χ2v) is 5.96. The minimum Gasteiger partial charge on any atom is -0.324 e. The maximum atomic E-state index is 12.7. The quantitative estimate of drug-likeness (QED) is 0.792. The van der Waals surface area contributed by atoms with Crippen LogP contribution in [0.2, 0.25) is 0 Å². The molecule has 24 heavy (non-hydrogen) atoms. The number of carbonyl (C=O) groups is 2. The normalized spacial score (nSPS) is 12.0. The molecule has 0 fully saturated rings. The summed E-state index contributed by atoms with van der Waals surface area (Å²) in [6.07, 6.45) is 0.979. The van der Waals surface area contributed by atoms with E-state index in [9.17, 15) is 9.59 Å². The third kappa shape index (κ3) is 4.52. The van der Waals surface area contributed by atoms with Gasteiger partial charge in [-0.3, -0.25) is 14.5 Å². The molecule has 0 heterocycles. The molecule has 1 unspecified atom stereocenters. The maximum Gasteiger partial charge on any atom is 0.238 e. The van der Waals surface area contributed by atoms with Gasteiger partial charge in [0.1, 0.15) is 0 Å². The van der Waals surface area contributed by atoms with Crippen molar-refractivity contribution in [1.82, 2.24) is 4.90 Å². The number of ketones is 1. The number of amides is 1. The third-order valence-electron chi connectivity index (χ3n) is 4.22. The molecule has 0 saturated heterocycles. The Hall–Kier alpha value is -2.46. The number of benzene rings is 2. The standard InChI is InChI=1S/C20H24N2O2/c1-4-15(2)22(3)14-19(23)21-18-13-9-8-12-17(18)20(24)16-10-6-5-7-11-16/h5-13,15H,4,14H2,1-3H3,(H,21,23). The van der Waals surface area contributed by atoms with Gasteiger partial charge in [-0.2, -0.15) is 0 Å². The first-order valence-corrected chi connectivity index (χ1v) is 8.21. The van der Waals surface area contributed by atoms with Crippen molar-refractivity contribution in [3.63, 3.8) is 0 Å². The van der Waals surface area contributed by atoms with Crippen LogP contribution < -0.4 is 5.32 Å². The van der Waals surface area contributed by atoms with Crippen LogP contribution >= 0.6 is 0 Å². The van der Waals surface area contributed by atoms with Crippen LogP contribution in [0.15, 0.2) is 54.6 Å². The minimum absolute atomic E-state index is 0.0956. The summed E-state index contributed by atoms with van der Waals surface area (Å²) in [4.78, 5) is 27.0. The number of nitrogens with one attached hydrogen (secondary N) is 1. The average molecular weight is 324 g/mol. The Bertz CT molecular complexity index is 698. The van der Waals surface area contributed by atoms with Crippen LogP contribution in [-0.2, 0) is 4.79 Å². The third-order valence-corrected chi connectivity index (χ3v) is 4.22. The largest absolute Gasteiger partial charge is 0.324 e. The Kier molecular flexibility index (Phi) is 6.27. The van der Waals surface area contributed by atoms with Gasteiger partial charge in [0.15, 0.2) is 5.78 Å². The zero-order valence-corrected chi connectivity index (χ0v) is 14.5. The van der Waals surface area contributed by atoms with Gasteiger partial charge in [-0.05, 0) is 32.5 Å². The van der Waals surface area contributed by atoms with E-state index in [2.05, 4.69) is 19.2 Å². The smallest absolute Gasteiger partial charge is 0.238 e. The molecule has 0 bridgehead atoms. The Morgan fingerprint density at radius 1 is 1.04 bits per heavy atom. The molecular weight excluding hydrogens is 300 g/mol. The zero-order chi connectivity index (χ0) is 17.5. The summed E-state index contributed by atoms with van der Waals surface area (Å²) in [5, 5.41) is 2.87. The predicted octanol–water partition coefficient (Wildman–Crippen LogP) is 3.59. The molecule has 0 aliphatic carbocycles. The van der Waals surface area contributed by atoms with Gasteiger partial charge < -0.3 is 5.32 Å². The lowest BCUT2D eigenvalue weighted by atomic mass is 10.0. The number of carbonyl (C=O) groups excluding carboxylic acids is 2. The molecule has 1 amide bonds. The van der Waals surface area contributed by atoms with E-state index in [0.717, 1.165) is 6.42 Å². The molecule has 4 nitrogen and oxygen atoms in total. The Morgan fingerprint density at radius 2 is 1.67 bits per heavy atom. The summed E-state index contributed by atoms with van der Waals surface area (Å²) in [5.74, 6) is -0.215. The van der Waals surface area contributed by atoms with Crippen molar-refractivity contribution in [2.75, 3.05) is 18.9 Å². The molecule has 4 heteroatoms. The number of likely N-dealkylation sites (N-methyl/N-ethyl adjacent to an activating group) is 1. The van der Waals surface area contributed by atoms with Crippen molar-refractivity contribution >= 4 is 17.4 Å². The van der Waals surface area contributed by atoms with E-state index in [1.54, 1.807) is 30.3 Å². The number of nitrogens with zero attached hydrogens (tertiary/aromatic N) is 1. The van der Waals surface area contributed by atoms with Crippen molar-refractivity contribution < 1.29 is 9.59 Å². The first-order valence-electron chi connectivity index (χ1n) is 8.21. The highest BCUT2D eigenvalue weighted by Crippen LogP contribution is 2.19. The molecule has 2 rings (SSSR count).